The number of hydrogen-bond donors (Lipinski definition) is 29. The summed E-state index contributed by atoms with van der Waals surface area (Å²) in [5, 5.41) is 110. The molecule has 0 fully saturated rings. The maximum Gasteiger partial charge on any atom is 0.326 e. The molecule has 0 saturated carbocycles. The Morgan fingerprint density at radius 1 is 0.392 bits per heavy atom. The van der Waals surface area contributed by atoms with E-state index in [1.165, 1.54) is 0 Å². The molecule has 4 rings (SSSR count). The standard InChI is InChI=1S/C75H121N29O16/c1-102(2)46-23-19-43(20-24-46)92-63-47-25-21-44(90-59(107)27-35-103(3)39-61(109)94-49(13-5-7-29-76)64(111)96-51(15-9-31-86-72(78)79)66(113)100-57(41-105)68(115)98-53(70(117)118)17-11-33-88-74(82)83)37-55(47)93-56-38-45(22-26-48(56)63)91-60(108)28-36-104(4)40-62(110)95-50(14-6-8-30-77)65(112)97-52(16-10-32-87-73(80)81)67(114)101-58(42-106)69(116)99-54(71(119)120)18-12-34-89-75(84)85/h19-26,37-38,49-54,57-58,105-106H,5-18,27-36,39-42,76-77H2,1-4H3,(H,90,107)(H,91,108)(H,92,93)(H,94,109)(H,95,110)(H,96,111)(H,97,112)(H,98,115)(H,99,116)(H,100,113)(H,101,114)(H,117,118)(H,119,120)(H4,78,79,86)(H4,80,81,87)(H4,82,83,88)(H4,84,85,89)/t49-,50-,51-,52-,53-,54-,57-,58-/m0/s1. The molecule has 45 nitrogen and oxygen atoms in total. The second-order valence-electron chi connectivity index (χ2n) is 28.7. The number of carboxylic acid groups (broad SMARTS) is 2. The van der Waals surface area contributed by atoms with Crippen molar-refractivity contribution in [3.63, 3.8) is 0 Å². The van der Waals surface area contributed by atoms with Gasteiger partial charge in [0.15, 0.2) is 23.8 Å². The highest BCUT2D eigenvalue weighted by molar-refractivity contribution is 6.11. The number of amides is 10. The number of aliphatic hydroxyl groups excluding tert-OH is 2. The topological polar surface area (TPSA) is 740 Å². The number of carbonyl (C=O) groups excluding carboxylic acids is 10. The first-order valence-electron chi connectivity index (χ1n) is 39.2. The van der Waals surface area contributed by atoms with E-state index in [0.29, 0.717) is 64.6 Å². The number of fused-ring (bicyclic) bond motifs is 2. The number of carboxylic acids is 2. The lowest BCUT2D eigenvalue weighted by molar-refractivity contribution is -0.143. The number of guanidine groups is 4. The zero-order valence-corrected chi connectivity index (χ0v) is 68.1. The Morgan fingerprint density at radius 3 is 1.01 bits per heavy atom. The van der Waals surface area contributed by atoms with Crippen LogP contribution in [0, 0.1) is 21.6 Å². The van der Waals surface area contributed by atoms with Gasteiger partial charge in [0, 0.05) is 99.7 Å². The number of anilines is 5. The summed E-state index contributed by atoms with van der Waals surface area (Å²) in [5.74, 6) is -11.9. The minimum Gasteiger partial charge on any atom is -0.480 e. The molecule has 35 N–H and O–H groups in total. The lowest BCUT2D eigenvalue weighted by atomic mass is 10.1. The van der Waals surface area contributed by atoms with Crippen LogP contribution in [0.2, 0.25) is 0 Å². The molecule has 1 aromatic heterocycles. The minimum atomic E-state index is -1.67. The highest BCUT2D eigenvalue weighted by Gasteiger charge is 2.34. The van der Waals surface area contributed by atoms with Gasteiger partial charge in [-0.05, 0) is 178 Å². The number of hydrogen-bond acceptors (Lipinski definition) is 25. The maximum absolute atomic E-state index is 14.1. The van der Waals surface area contributed by atoms with Crippen LogP contribution in [-0.2, 0) is 57.5 Å². The first-order chi connectivity index (χ1) is 57.0. The quantitative estimate of drug-likeness (QED) is 0.00852. The number of nitrogens with zero attached hydrogens (tertiary/aromatic N) is 4. The fourth-order valence-electron chi connectivity index (χ4n) is 12.1. The van der Waals surface area contributed by atoms with Crippen LogP contribution in [0.5, 0.6) is 0 Å². The van der Waals surface area contributed by atoms with Gasteiger partial charge in [0.25, 0.3) is 0 Å². The second kappa shape index (κ2) is 53.0. The highest BCUT2D eigenvalue weighted by atomic mass is 16.4. The van der Waals surface area contributed by atoms with Crippen LogP contribution in [0.25, 0.3) is 21.8 Å². The van der Waals surface area contributed by atoms with Gasteiger partial charge in [0.05, 0.1) is 43.0 Å². The molecule has 0 radical (unpaired) electrons. The molecule has 45 heteroatoms. The van der Waals surface area contributed by atoms with Crippen LogP contribution in [-0.4, -0.2) is 285 Å². The fraction of sp³-hybridized carbons (Fsp3) is 0.533. The van der Waals surface area contributed by atoms with Crippen LogP contribution in [0.15, 0.2) is 60.7 Å². The number of aliphatic carboxylic acids is 2. The Balaban J connectivity index is 1.47. The molecule has 1 heterocycles. The van der Waals surface area contributed by atoms with E-state index in [2.05, 4.69) is 79.8 Å². The van der Waals surface area contributed by atoms with E-state index in [1.54, 1.807) is 60.3 Å². The Hall–Kier alpha value is -12.6. The van der Waals surface area contributed by atoms with Crippen molar-refractivity contribution in [2.45, 2.75) is 151 Å². The number of nitrogens with one attached hydrogen (secondary N) is 19. The third-order valence-corrected chi connectivity index (χ3v) is 18.5. The number of aliphatic hydroxyl groups is 2. The van der Waals surface area contributed by atoms with E-state index in [-0.39, 0.29) is 166 Å². The van der Waals surface area contributed by atoms with Gasteiger partial charge >= 0.3 is 11.9 Å². The summed E-state index contributed by atoms with van der Waals surface area (Å²) in [4.78, 5) is 171. The summed E-state index contributed by atoms with van der Waals surface area (Å²) in [6.45, 7) is -1.44. The van der Waals surface area contributed by atoms with Crippen molar-refractivity contribution in [2.75, 3.05) is 128 Å². The molecule has 120 heavy (non-hydrogen) atoms. The number of likely N-dealkylation sites (N-methyl/N-ethyl adjacent to an activating group) is 2. The smallest absolute Gasteiger partial charge is 0.326 e. The number of pyridine rings is 1. The number of unbranched alkanes of at least 4 members (excludes halogenated alkanes) is 2. The predicted octanol–water partition coefficient (Wildman–Crippen LogP) is -4.94. The van der Waals surface area contributed by atoms with E-state index < -0.39 is 133 Å². The Labute approximate surface area is 694 Å². The first-order valence-corrected chi connectivity index (χ1v) is 39.2. The maximum atomic E-state index is 14.1. The Bertz CT molecular complexity index is 3910. The van der Waals surface area contributed by atoms with Gasteiger partial charge in [-0.15, -0.1) is 0 Å². The average molecular weight is 1680 g/mol. The molecule has 0 unspecified atom stereocenters. The molecule has 0 saturated heterocycles. The number of rotatable bonds is 57. The van der Waals surface area contributed by atoms with Crippen LogP contribution < -0.4 is 119 Å². The molecule has 0 aliphatic heterocycles. The highest BCUT2D eigenvalue weighted by Crippen LogP contribution is 2.36. The first kappa shape index (κ1) is 99.8. The van der Waals surface area contributed by atoms with Gasteiger partial charge in [0.1, 0.15) is 48.3 Å². The number of carbonyl (C=O) groups is 12. The summed E-state index contributed by atoms with van der Waals surface area (Å²) < 4.78 is 0. The summed E-state index contributed by atoms with van der Waals surface area (Å²) in [6, 6.07) is 6.62. The van der Waals surface area contributed by atoms with Crippen molar-refractivity contribution in [1.82, 2.24) is 78.6 Å². The predicted molar refractivity (Wildman–Crippen MR) is 452 cm³/mol. The van der Waals surface area contributed by atoms with E-state index in [9.17, 15) is 78.0 Å². The molecular formula is C75H121N29O16. The van der Waals surface area contributed by atoms with E-state index in [4.69, 9.17) is 61.0 Å². The number of nitrogens with two attached hydrogens (primary N) is 6. The largest absolute Gasteiger partial charge is 0.480 e. The summed E-state index contributed by atoms with van der Waals surface area (Å²) in [5.41, 5.74) is 37.0. The fourth-order valence-corrected chi connectivity index (χ4v) is 12.1. The average Bonchev–Trinajstić information content (AvgIpc) is 0.761. The molecule has 0 aliphatic carbocycles. The van der Waals surface area contributed by atoms with Crippen molar-refractivity contribution in [2.24, 2.45) is 34.4 Å². The number of benzene rings is 3. The van der Waals surface area contributed by atoms with Gasteiger partial charge in [-0.25, -0.2) is 14.6 Å². The zero-order valence-electron chi connectivity index (χ0n) is 68.1. The van der Waals surface area contributed by atoms with Gasteiger partial charge in [-0.2, -0.15) is 0 Å². The molecular weight excluding hydrogens is 1560 g/mol. The second-order valence-corrected chi connectivity index (χ2v) is 28.7. The third kappa shape index (κ3) is 37.3. The van der Waals surface area contributed by atoms with E-state index in [0.717, 1.165) is 11.4 Å². The SMILES string of the molecule is CN(CCC(=O)Nc1ccc2c(Nc3ccc(N(C)C)cc3)c3ccc(NC(=O)CCN(C)CC(=O)N[C@@H](CCCCN)C(=O)N[C@@H](CCCNC(=N)N)C(=O)N[C@@H](CO)C(=O)N[C@@H](CCCNC(=N)N)C(=O)O)cc3nc2c1)CC(=O)N[C@@H](CCCCN)C(=O)N[C@@H](CCCNC(=N)N)C(=O)N[C@@H](CO)C(=O)N[C@@H](CCCNC(=N)N)C(=O)O. The van der Waals surface area contributed by atoms with Crippen LogP contribution in [0.1, 0.15) is 103 Å². The molecule has 662 valence electrons. The molecule has 0 aliphatic rings. The van der Waals surface area contributed by atoms with Gasteiger partial charge in [-0.3, -0.25) is 79.4 Å². The van der Waals surface area contributed by atoms with Gasteiger partial charge in [-0.1, -0.05) is 0 Å². The van der Waals surface area contributed by atoms with E-state index in [1.807, 2.05) is 43.3 Å². The van der Waals surface area contributed by atoms with Crippen LogP contribution >= 0.6 is 0 Å². The van der Waals surface area contributed by atoms with Gasteiger partial charge in [0.2, 0.25) is 59.1 Å². The third-order valence-electron chi connectivity index (χ3n) is 18.5. The van der Waals surface area contributed by atoms with Crippen molar-refractivity contribution in [3.05, 3.63) is 60.7 Å². The monoisotopic (exact) mass is 1680 g/mol. The summed E-state index contributed by atoms with van der Waals surface area (Å²) in [7, 11) is 7.02. The Kier molecular flexibility index (Phi) is 44.0. The minimum absolute atomic E-state index is 0.0591. The van der Waals surface area contributed by atoms with Crippen molar-refractivity contribution < 1.29 is 78.0 Å². The zero-order chi connectivity index (χ0) is 89.0. The molecule has 8 atom stereocenters. The normalized spacial score (nSPS) is 13.1. The van der Waals surface area contributed by atoms with E-state index >= 15 is 0 Å². The summed E-state index contributed by atoms with van der Waals surface area (Å²) >= 11 is 0. The lowest BCUT2D eigenvalue weighted by Crippen LogP contribution is -2.59. The lowest BCUT2D eigenvalue weighted by Gasteiger charge is -2.26. The van der Waals surface area contributed by atoms with Crippen molar-refractivity contribution in [3.8, 4) is 0 Å². The van der Waals surface area contributed by atoms with Crippen LogP contribution in [0.3, 0.4) is 0 Å². The number of aromatic nitrogens is 1. The molecule has 0 spiro atoms. The summed E-state index contributed by atoms with van der Waals surface area (Å²) in [6.07, 6.45) is 1.85. The molecule has 0 bridgehead atoms. The van der Waals surface area contributed by atoms with Crippen LogP contribution in [0.4, 0.5) is 28.4 Å². The van der Waals surface area contributed by atoms with Crippen molar-refractivity contribution in [1.29, 1.82) is 21.6 Å². The molecule has 3 aromatic carbocycles. The van der Waals surface area contributed by atoms with Crippen molar-refractivity contribution >= 4 is 145 Å². The van der Waals surface area contributed by atoms with Gasteiger partial charge < -0.3 is 139 Å². The Morgan fingerprint density at radius 2 is 0.692 bits per heavy atom. The molecule has 10 amide bonds. The molecule has 4 aromatic rings.